The van der Waals surface area contributed by atoms with Crippen molar-refractivity contribution < 1.29 is 14.7 Å². The molecule has 0 aromatic heterocycles. The van der Waals surface area contributed by atoms with Crippen LogP contribution in [0.15, 0.2) is 24.3 Å². The molecule has 0 saturated carbocycles. The monoisotopic (exact) mass is 367 g/mol. The molecule has 1 heterocycles. The summed E-state index contributed by atoms with van der Waals surface area (Å²) in [6, 6.07) is 6.92. The molecular weight excluding hydrogens is 342 g/mol. The van der Waals surface area contributed by atoms with Crippen LogP contribution in [0, 0.1) is 5.92 Å². The molecule has 0 bridgehead atoms. The highest BCUT2D eigenvalue weighted by Crippen LogP contribution is 2.47. The van der Waals surface area contributed by atoms with E-state index in [9.17, 15) is 14.7 Å². The van der Waals surface area contributed by atoms with E-state index in [0.29, 0.717) is 11.6 Å². The number of likely N-dealkylation sites (N-methyl/N-ethyl adjacent to an activating group) is 2. The third-order valence-electron chi connectivity index (χ3n) is 5.07. The first-order valence-electron chi connectivity index (χ1n) is 8.31. The van der Waals surface area contributed by atoms with Crippen LogP contribution in [0.25, 0.3) is 0 Å². The lowest BCUT2D eigenvalue weighted by atomic mass is 9.89. The molecule has 2 N–H and O–H groups in total. The van der Waals surface area contributed by atoms with Gasteiger partial charge in [0.2, 0.25) is 5.91 Å². The number of aliphatic carboxylic acids is 1. The number of carbonyl (C=O) groups is 2. The number of benzene rings is 1. The summed E-state index contributed by atoms with van der Waals surface area (Å²) in [5, 5.41) is 13.2. The third-order valence-corrected chi connectivity index (χ3v) is 5.42. The average molecular weight is 368 g/mol. The van der Waals surface area contributed by atoms with Gasteiger partial charge in [-0.25, -0.2) is 0 Å². The van der Waals surface area contributed by atoms with E-state index >= 15 is 0 Å². The Morgan fingerprint density at radius 2 is 2.04 bits per heavy atom. The molecule has 6 nitrogen and oxygen atoms in total. The number of rotatable bonds is 6. The van der Waals surface area contributed by atoms with Crippen LogP contribution in [-0.2, 0) is 9.59 Å². The highest BCUT2D eigenvalue weighted by Gasteiger charge is 2.54. The Hall–Kier alpha value is -1.63. The number of likely N-dealkylation sites (tertiary alicyclic amines) is 1. The Labute approximate surface area is 153 Å². The van der Waals surface area contributed by atoms with Crippen LogP contribution in [0.4, 0.5) is 0 Å². The minimum absolute atomic E-state index is 0.136. The van der Waals surface area contributed by atoms with Gasteiger partial charge < -0.3 is 15.3 Å². The molecule has 1 fully saturated rings. The van der Waals surface area contributed by atoms with Crippen LogP contribution in [0.5, 0.6) is 0 Å². The number of hydrogen-bond donors (Lipinski definition) is 2. The van der Waals surface area contributed by atoms with E-state index in [-0.39, 0.29) is 18.4 Å². The van der Waals surface area contributed by atoms with E-state index < -0.39 is 17.4 Å². The number of nitrogens with zero attached hydrogens (tertiary/aromatic N) is 2. The van der Waals surface area contributed by atoms with E-state index in [0.717, 1.165) is 12.1 Å². The Morgan fingerprint density at radius 3 is 2.60 bits per heavy atom. The lowest BCUT2D eigenvalue weighted by Gasteiger charge is -2.32. The van der Waals surface area contributed by atoms with Crippen LogP contribution >= 0.6 is 11.6 Å². The van der Waals surface area contributed by atoms with Crippen LogP contribution < -0.4 is 5.32 Å². The topological polar surface area (TPSA) is 72.9 Å². The fourth-order valence-corrected chi connectivity index (χ4v) is 3.66. The van der Waals surface area contributed by atoms with E-state index in [1.165, 1.54) is 0 Å². The first-order valence-corrected chi connectivity index (χ1v) is 8.69. The van der Waals surface area contributed by atoms with E-state index in [1.807, 2.05) is 37.2 Å². The van der Waals surface area contributed by atoms with Crippen molar-refractivity contribution in [3.63, 3.8) is 0 Å². The van der Waals surface area contributed by atoms with Gasteiger partial charge in [0.25, 0.3) is 0 Å². The molecule has 2 rings (SSSR count). The zero-order chi connectivity index (χ0) is 18.8. The maximum absolute atomic E-state index is 12.8. The molecule has 0 aliphatic carbocycles. The zero-order valence-electron chi connectivity index (χ0n) is 15.1. The molecule has 138 valence electrons. The van der Waals surface area contributed by atoms with E-state index in [2.05, 4.69) is 5.32 Å². The fraction of sp³-hybridized carbons (Fsp3) is 0.556. The minimum atomic E-state index is -1.12. The van der Waals surface area contributed by atoms with Crippen molar-refractivity contribution in [2.24, 2.45) is 5.92 Å². The first-order chi connectivity index (χ1) is 11.7. The number of amides is 1. The van der Waals surface area contributed by atoms with E-state index in [1.54, 1.807) is 24.9 Å². The number of carboxylic acids is 1. The van der Waals surface area contributed by atoms with Crippen LogP contribution in [-0.4, -0.2) is 66.6 Å². The summed E-state index contributed by atoms with van der Waals surface area (Å²) < 4.78 is 0. The molecular formula is C18H26ClN3O3. The van der Waals surface area contributed by atoms with Gasteiger partial charge in [0.15, 0.2) is 0 Å². The SMILES string of the molecule is CN(C)CCNC(=O)[C@@H]1C[C@](C)(C(=O)O)N(C)[C@@H]1c1ccccc1Cl. The molecule has 1 aliphatic heterocycles. The van der Waals surface area contributed by atoms with Crippen molar-refractivity contribution in [1.82, 2.24) is 15.1 Å². The molecule has 0 spiro atoms. The van der Waals surface area contributed by atoms with Crippen LogP contribution in [0.2, 0.25) is 5.02 Å². The van der Waals surface area contributed by atoms with Crippen molar-refractivity contribution in [1.29, 1.82) is 0 Å². The summed E-state index contributed by atoms with van der Waals surface area (Å²) in [4.78, 5) is 28.4. The quantitative estimate of drug-likeness (QED) is 0.802. The summed E-state index contributed by atoms with van der Waals surface area (Å²) in [5.41, 5.74) is -0.336. The van der Waals surface area contributed by atoms with Crippen molar-refractivity contribution in [2.75, 3.05) is 34.2 Å². The van der Waals surface area contributed by atoms with Gasteiger partial charge in [-0.1, -0.05) is 29.8 Å². The zero-order valence-corrected chi connectivity index (χ0v) is 15.9. The first kappa shape index (κ1) is 19.7. The smallest absolute Gasteiger partial charge is 0.323 e. The van der Waals surface area contributed by atoms with Gasteiger partial charge in [-0.05, 0) is 46.1 Å². The predicted octanol–water partition coefficient (Wildman–Crippen LogP) is 1.85. The van der Waals surface area contributed by atoms with Gasteiger partial charge in [0.05, 0.1) is 5.92 Å². The summed E-state index contributed by atoms with van der Waals surface area (Å²) >= 11 is 6.35. The van der Waals surface area contributed by atoms with Crippen molar-refractivity contribution in [3.05, 3.63) is 34.9 Å². The number of nitrogens with one attached hydrogen (secondary N) is 1. The second-order valence-electron chi connectivity index (χ2n) is 7.06. The van der Waals surface area contributed by atoms with Gasteiger partial charge in [0, 0.05) is 24.2 Å². The molecule has 1 aliphatic rings. The lowest BCUT2D eigenvalue weighted by molar-refractivity contribution is -0.148. The fourth-order valence-electron chi connectivity index (χ4n) is 3.41. The molecule has 7 heteroatoms. The molecule has 3 atom stereocenters. The molecule has 1 amide bonds. The maximum Gasteiger partial charge on any atom is 0.323 e. The standard InChI is InChI=1S/C18H26ClN3O3/c1-18(17(24)25)11-13(16(23)20-9-10-21(2)3)15(22(18)4)12-7-5-6-8-14(12)19/h5-8,13,15H,9-11H2,1-4H3,(H,20,23)(H,24,25)/t13-,15-,18-/m1/s1. The molecule has 1 aromatic rings. The van der Waals surface area contributed by atoms with Crippen molar-refractivity contribution >= 4 is 23.5 Å². The molecule has 1 aromatic carbocycles. The highest BCUT2D eigenvalue weighted by atomic mass is 35.5. The van der Waals surface area contributed by atoms with Crippen LogP contribution in [0.1, 0.15) is 24.9 Å². The minimum Gasteiger partial charge on any atom is -0.480 e. The van der Waals surface area contributed by atoms with Gasteiger partial charge in [-0.15, -0.1) is 0 Å². The van der Waals surface area contributed by atoms with Crippen molar-refractivity contribution in [2.45, 2.75) is 24.9 Å². The third kappa shape index (κ3) is 3.97. The highest BCUT2D eigenvalue weighted by molar-refractivity contribution is 6.31. The van der Waals surface area contributed by atoms with Crippen LogP contribution in [0.3, 0.4) is 0 Å². The summed E-state index contributed by atoms with van der Waals surface area (Å²) in [6.45, 7) is 2.90. The Balaban J connectivity index is 2.32. The number of hydrogen-bond acceptors (Lipinski definition) is 4. The predicted molar refractivity (Wildman–Crippen MR) is 97.7 cm³/mol. The second kappa shape index (κ2) is 7.72. The number of carboxylic acid groups (broad SMARTS) is 1. The Kier molecular flexibility index (Phi) is 6.08. The Bertz CT molecular complexity index is 652. The summed E-state index contributed by atoms with van der Waals surface area (Å²) in [5.74, 6) is -1.55. The molecule has 0 radical (unpaired) electrons. The normalized spacial score (nSPS) is 26.8. The molecule has 0 unspecified atom stereocenters. The lowest BCUT2D eigenvalue weighted by Crippen LogP contribution is -2.46. The second-order valence-corrected chi connectivity index (χ2v) is 7.47. The van der Waals surface area contributed by atoms with E-state index in [4.69, 9.17) is 11.6 Å². The molecule has 1 saturated heterocycles. The number of halogens is 1. The molecule has 25 heavy (non-hydrogen) atoms. The average Bonchev–Trinajstić information content (AvgIpc) is 2.81. The van der Waals surface area contributed by atoms with Gasteiger partial charge in [-0.2, -0.15) is 0 Å². The largest absolute Gasteiger partial charge is 0.480 e. The summed E-state index contributed by atoms with van der Waals surface area (Å²) in [7, 11) is 5.61. The van der Waals surface area contributed by atoms with Crippen molar-refractivity contribution in [3.8, 4) is 0 Å². The Morgan fingerprint density at radius 1 is 1.40 bits per heavy atom. The number of carbonyl (C=O) groups excluding carboxylic acids is 1. The van der Waals surface area contributed by atoms with Gasteiger partial charge >= 0.3 is 5.97 Å². The van der Waals surface area contributed by atoms with Gasteiger partial charge in [-0.3, -0.25) is 14.5 Å². The van der Waals surface area contributed by atoms with Gasteiger partial charge in [0.1, 0.15) is 5.54 Å². The summed E-state index contributed by atoms with van der Waals surface area (Å²) in [6.07, 6.45) is 0.239. The maximum atomic E-state index is 12.8.